The van der Waals surface area contributed by atoms with Crippen molar-refractivity contribution in [2.75, 3.05) is 14.1 Å². The van der Waals surface area contributed by atoms with Crippen LogP contribution in [0.1, 0.15) is 12.5 Å². The van der Waals surface area contributed by atoms with Gasteiger partial charge in [0, 0.05) is 14.1 Å². The van der Waals surface area contributed by atoms with Crippen molar-refractivity contribution in [1.82, 2.24) is 15.9 Å². The van der Waals surface area contributed by atoms with Gasteiger partial charge >= 0.3 is 0 Å². The Kier molecular flexibility index (Phi) is 4.88. The first-order valence-electron chi connectivity index (χ1n) is 4.93. The summed E-state index contributed by atoms with van der Waals surface area (Å²) in [6.45, 7) is 1.93. The molecule has 1 aromatic carbocycles. The van der Waals surface area contributed by atoms with Crippen LogP contribution in [0.2, 0.25) is 0 Å². The summed E-state index contributed by atoms with van der Waals surface area (Å²) in [5.41, 5.74) is 7.64. The second-order valence-corrected chi connectivity index (χ2v) is 3.92. The van der Waals surface area contributed by atoms with Crippen molar-refractivity contribution in [3.8, 4) is 0 Å². The van der Waals surface area contributed by atoms with Crippen LogP contribution < -0.4 is 10.9 Å². The maximum absolute atomic E-state index is 5.03. The lowest BCUT2D eigenvalue weighted by Gasteiger charge is -2.13. The zero-order valence-corrected chi connectivity index (χ0v) is 10.5. The van der Waals surface area contributed by atoms with Gasteiger partial charge < -0.3 is 0 Å². The van der Waals surface area contributed by atoms with Crippen LogP contribution in [0, 0.1) is 0 Å². The SMILES string of the molecule is C/C(=N/NC(=S)NN(C)C)c1ccccc1. The molecular weight excluding hydrogens is 220 g/mol. The van der Waals surface area contributed by atoms with E-state index in [1.165, 1.54) is 0 Å². The van der Waals surface area contributed by atoms with E-state index in [-0.39, 0.29) is 0 Å². The van der Waals surface area contributed by atoms with E-state index < -0.39 is 0 Å². The van der Waals surface area contributed by atoms with Crippen molar-refractivity contribution < 1.29 is 0 Å². The molecule has 0 spiro atoms. The molecule has 0 aliphatic heterocycles. The fourth-order valence-corrected chi connectivity index (χ4v) is 1.33. The van der Waals surface area contributed by atoms with Crippen LogP contribution in [0.4, 0.5) is 0 Å². The average Bonchev–Trinajstić information content (AvgIpc) is 2.26. The summed E-state index contributed by atoms with van der Waals surface area (Å²) in [4.78, 5) is 0. The zero-order valence-electron chi connectivity index (χ0n) is 9.69. The summed E-state index contributed by atoms with van der Waals surface area (Å²) in [7, 11) is 3.73. The fraction of sp³-hybridized carbons (Fsp3) is 0.273. The lowest BCUT2D eigenvalue weighted by molar-refractivity contribution is 0.360. The summed E-state index contributed by atoms with van der Waals surface area (Å²) < 4.78 is 0. The van der Waals surface area contributed by atoms with Gasteiger partial charge in [0.25, 0.3) is 0 Å². The number of benzene rings is 1. The van der Waals surface area contributed by atoms with Crippen molar-refractivity contribution >= 4 is 23.0 Å². The Morgan fingerprint density at radius 2 is 1.88 bits per heavy atom. The first-order chi connectivity index (χ1) is 7.59. The Hall–Kier alpha value is -1.46. The van der Waals surface area contributed by atoms with E-state index in [1.54, 1.807) is 5.01 Å². The Labute approximate surface area is 101 Å². The largest absolute Gasteiger partial charge is 0.295 e. The summed E-state index contributed by atoms with van der Waals surface area (Å²) in [5.74, 6) is 0. The predicted molar refractivity (Wildman–Crippen MR) is 71.2 cm³/mol. The second-order valence-electron chi connectivity index (χ2n) is 3.51. The number of rotatable bonds is 3. The standard InChI is InChI=1S/C11H16N4S/c1-9(10-7-5-4-6-8-10)12-13-11(16)14-15(2)3/h4-8H,1-3H3,(H2,13,14,16)/b12-9-. The summed E-state index contributed by atoms with van der Waals surface area (Å²) in [5, 5.41) is 6.41. The summed E-state index contributed by atoms with van der Waals surface area (Å²) in [6, 6.07) is 9.93. The maximum Gasteiger partial charge on any atom is 0.201 e. The topological polar surface area (TPSA) is 39.7 Å². The normalized spacial score (nSPS) is 11.4. The van der Waals surface area contributed by atoms with Gasteiger partial charge in [0.1, 0.15) is 0 Å². The number of hydrazone groups is 1. The fourth-order valence-electron chi connectivity index (χ4n) is 1.11. The second kappa shape index (κ2) is 6.19. The van der Waals surface area contributed by atoms with E-state index >= 15 is 0 Å². The minimum absolute atomic E-state index is 0.472. The third kappa shape index (κ3) is 4.37. The van der Waals surface area contributed by atoms with Crippen molar-refractivity contribution in [3.63, 3.8) is 0 Å². The molecule has 0 saturated heterocycles. The first-order valence-corrected chi connectivity index (χ1v) is 5.34. The van der Waals surface area contributed by atoms with E-state index in [2.05, 4.69) is 16.0 Å². The molecule has 0 unspecified atom stereocenters. The van der Waals surface area contributed by atoms with Crippen molar-refractivity contribution in [1.29, 1.82) is 0 Å². The molecule has 86 valence electrons. The van der Waals surface area contributed by atoms with E-state index in [1.807, 2.05) is 51.4 Å². The van der Waals surface area contributed by atoms with Gasteiger partial charge in [-0.05, 0) is 24.7 Å². The van der Waals surface area contributed by atoms with E-state index in [0.29, 0.717) is 5.11 Å². The number of nitrogens with zero attached hydrogens (tertiary/aromatic N) is 2. The van der Waals surface area contributed by atoms with Gasteiger partial charge in [-0.1, -0.05) is 30.3 Å². The molecule has 0 atom stereocenters. The third-order valence-electron chi connectivity index (χ3n) is 1.84. The number of hydrogen-bond donors (Lipinski definition) is 2. The molecule has 0 fully saturated rings. The third-order valence-corrected chi connectivity index (χ3v) is 2.02. The Balaban J connectivity index is 2.55. The molecule has 1 aromatic rings. The highest BCUT2D eigenvalue weighted by molar-refractivity contribution is 7.80. The monoisotopic (exact) mass is 236 g/mol. The van der Waals surface area contributed by atoms with Crippen LogP contribution in [0.5, 0.6) is 0 Å². The Morgan fingerprint density at radius 1 is 1.25 bits per heavy atom. The van der Waals surface area contributed by atoms with Gasteiger partial charge in [0.05, 0.1) is 5.71 Å². The van der Waals surface area contributed by atoms with Crippen molar-refractivity contribution in [2.24, 2.45) is 5.10 Å². The van der Waals surface area contributed by atoms with Crippen molar-refractivity contribution in [2.45, 2.75) is 6.92 Å². The van der Waals surface area contributed by atoms with Gasteiger partial charge in [-0.2, -0.15) is 5.10 Å². The molecule has 0 heterocycles. The molecule has 5 heteroatoms. The molecule has 2 N–H and O–H groups in total. The van der Waals surface area contributed by atoms with Gasteiger partial charge in [-0.3, -0.25) is 10.9 Å². The highest BCUT2D eigenvalue weighted by atomic mass is 32.1. The minimum Gasteiger partial charge on any atom is -0.295 e. The average molecular weight is 236 g/mol. The Bertz CT molecular complexity index is 373. The molecular formula is C11H16N4S. The van der Waals surface area contributed by atoms with E-state index in [0.717, 1.165) is 11.3 Å². The van der Waals surface area contributed by atoms with Gasteiger partial charge in [-0.15, -0.1) is 0 Å². The maximum atomic E-state index is 5.03. The van der Waals surface area contributed by atoms with Crippen LogP contribution in [-0.2, 0) is 0 Å². The highest BCUT2D eigenvalue weighted by Gasteiger charge is 1.97. The lowest BCUT2D eigenvalue weighted by atomic mass is 10.1. The summed E-state index contributed by atoms with van der Waals surface area (Å²) >= 11 is 5.03. The smallest absolute Gasteiger partial charge is 0.201 e. The molecule has 0 aliphatic rings. The van der Waals surface area contributed by atoms with E-state index in [9.17, 15) is 0 Å². The predicted octanol–water partition coefficient (Wildman–Crippen LogP) is 1.35. The van der Waals surface area contributed by atoms with Crippen LogP contribution in [0.3, 0.4) is 0 Å². The van der Waals surface area contributed by atoms with Gasteiger partial charge in [0.15, 0.2) is 0 Å². The minimum atomic E-state index is 0.472. The number of hydrogen-bond acceptors (Lipinski definition) is 3. The number of nitrogens with one attached hydrogen (secondary N) is 2. The Morgan fingerprint density at radius 3 is 2.44 bits per heavy atom. The molecule has 0 amide bonds. The highest BCUT2D eigenvalue weighted by Crippen LogP contribution is 1.99. The molecule has 0 radical (unpaired) electrons. The molecule has 0 aromatic heterocycles. The van der Waals surface area contributed by atoms with Gasteiger partial charge in [0.2, 0.25) is 5.11 Å². The molecule has 16 heavy (non-hydrogen) atoms. The van der Waals surface area contributed by atoms with Crippen LogP contribution in [-0.4, -0.2) is 29.9 Å². The van der Waals surface area contributed by atoms with E-state index in [4.69, 9.17) is 12.2 Å². The summed E-state index contributed by atoms with van der Waals surface area (Å²) in [6.07, 6.45) is 0. The van der Waals surface area contributed by atoms with Crippen LogP contribution >= 0.6 is 12.2 Å². The van der Waals surface area contributed by atoms with Crippen molar-refractivity contribution in [3.05, 3.63) is 35.9 Å². The molecule has 1 rings (SSSR count). The zero-order chi connectivity index (χ0) is 12.0. The molecule has 0 bridgehead atoms. The molecule has 0 saturated carbocycles. The quantitative estimate of drug-likeness (QED) is 0.472. The van der Waals surface area contributed by atoms with Gasteiger partial charge in [-0.25, -0.2) is 5.01 Å². The lowest BCUT2D eigenvalue weighted by Crippen LogP contribution is -2.41. The van der Waals surface area contributed by atoms with Crippen LogP contribution in [0.15, 0.2) is 35.4 Å². The van der Waals surface area contributed by atoms with Crippen LogP contribution in [0.25, 0.3) is 0 Å². The molecule has 0 aliphatic carbocycles. The number of thiocarbonyl (C=S) groups is 1. The molecule has 4 nitrogen and oxygen atoms in total. The first kappa shape index (κ1) is 12.6. The number of hydrazine groups is 1.